The lowest BCUT2D eigenvalue weighted by Gasteiger charge is -2.34. The largest absolute Gasteiger partial charge is 0.283 e. The fourth-order valence-electron chi connectivity index (χ4n) is 1.94. The Morgan fingerprint density at radius 2 is 2.08 bits per heavy atom. The van der Waals surface area contributed by atoms with Crippen LogP contribution in [0.25, 0.3) is 0 Å². The van der Waals surface area contributed by atoms with Gasteiger partial charge in [0.05, 0.1) is 20.0 Å². The van der Waals surface area contributed by atoms with Gasteiger partial charge in [-0.3, -0.25) is 4.90 Å². The van der Waals surface area contributed by atoms with E-state index >= 15 is 0 Å². The van der Waals surface area contributed by atoms with Gasteiger partial charge in [-0.25, -0.2) is 0 Å². The van der Waals surface area contributed by atoms with Crippen LogP contribution in [0.1, 0.15) is 34.1 Å². The molecule has 2 nitrogen and oxygen atoms in total. The van der Waals surface area contributed by atoms with Crippen molar-refractivity contribution in [3.8, 4) is 6.07 Å². The summed E-state index contributed by atoms with van der Waals surface area (Å²) in [6.07, 6.45) is 0.779. The second-order valence-electron chi connectivity index (χ2n) is 5.30. The zero-order valence-electron chi connectivity index (χ0n) is 8.96. The second kappa shape index (κ2) is 3.03. The van der Waals surface area contributed by atoms with Crippen LogP contribution in [0.3, 0.4) is 0 Å². The first kappa shape index (κ1) is 10.6. The van der Waals surface area contributed by atoms with E-state index in [0.29, 0.717) is 0 Å². The van der Waals surface area contributed by atoms with Crippen LogP contribution in [0.15, 0.2) is 0 Å². The summed E-state index contributed by atoms with van der Waals surface area (Å²) in [7, 11) is 6.04. The third kappa shape index (κ3) is 2.25. The first-order chi connectivity index (χ1) is 5.76. The smallest absolute Gasteiger partial charge is 0.0980 e. The third-order valence-corrected chi connectivity index (χ3v) is 2.58. The van der Waals surface area contributed by atoms with Crippen molar-refractivity contribution in [2.75, 3.05) is 6.54 Å². The van der Waals surface area contributed by atoms with Gasteiger partial charge in [-0.15, -0.1) is 0 Å². The topological polar surface area (TPSA) is 27.0 Å². The van der Waals surface area contributed by atoms with Gasteiger partial charge in [-0.05, 0) is 33.7 Å². The van der Waals surface area contributed by atoms with Crippen LogP contribution in [0.5, 0.6) is 0 Å². The Morgan fingerprint density at radius 1 is 1.54 bits per heavy atom. The summed E-state index contributed by atoms with van der Waals surface area (Å²) in [6, 6.07) is 2.30. The molecule has 0 amide bonds. The second-order valence-corrected chi connectivity index (χ2v) is 5.30. The highest BCUT2D eigenvalue weighted by atomic mass is 15.2. The zero-order valence-corrected chi connectivity index (χ0v) is 8.96. The van der Waals surface area contributed by atoms with E-state index in [1.54, 1.807) is 0 Å². The molecule has 0 saturated carbocycles. The Bertz CT molecular complexity index is 234. The highest BCUT2D eigenvalue weighted by Gasteiger charge is 2.41. The average Bonchev–Trinajstić information content (AvgIpc) is 2.24. The van der Waals surface area contributed by atoms with E-state index in [2.05, 4.69) is 31.7 Å². The van der Waals surface area contributed by atoms with Crippen LogP contribution in [-0.2, 0) is 0 Å². The summed E-state index contributed by atoms with van der Waals surface area (Å²) in [4.78, 5) is 2.19. The van der Waals surface area contributed by atoms with E-state index in [-0.39, 0.29) is 16.9 Å². The Kier molecular flexibility index (Phi) is 2.47. The molecular weight excluding hydrogens is 159 g/mol. The minimum atomic E-state index is -0.201. The van der Waals surface area contributed by atoms with Crippen molar-refractivity contribution >= 4 is 7.85 Å². The van der Waals surface area contributed by atoms with Gasteiger partial charge in [0.25, 0.3) is 0 Å². The highest BCUT2D eigenvalue weighted by molar-refractivity contribution is 6.15. The van der Waals surface area contributed by atoms with Crippen molar-refractivity contribution in [3.05, 3.63) is 0 Å². The van der Waals surface area contributed by atoms with Gasteiger partial charge in [0.2, 0.25) is 0 Å². The number of likely N-dealkylation sites (tertiary alicyclic amines) is 1. The van der Waals surface area contributed by atoms with Crippen LogP contribution in [-0.4, -0.2) is 30.9 Å². The summed E-state index contributed by atoms with van der Waals surface area (Å²) < 4.78 is 0. The predicted octanol–water partition coefficient (Wildman–Crippen LogP) is 1.73. The molecule has 0 aromatic heterocycles. The molecule has 70 valence electrons. The van der Waals surface area contributed by atoms with Crippen molar-refractivity contribution in [2.24, 2.45) is 0 Å². The van der Waals surface area contributed by atoms with Crippen LogP contribution in [0.4, 0.5) is 0 Å². The molecule has 3 heteroatoms. The van der Waals surface area contributed by atoms with E-state index in [0.717, 1.165) is 13.0 Å². The quantitative estimate of drug-likeness (QED) is 0.525. The molecule has 0 aromatic carbocycles. The Labute approximate surface area is 82.3 Å². The van der Waals surface area contributed by atoms with Crippen molar-refractivity contribution in [2.45, 2.75) is 51.0 Å². The van der Waals surface area contributed by atoms with Gasteiger partial charge < -0.3 is 0 Å². The molecule has 0 spiro atoms. The van der Waals surface area contributed by atoms with Crippen molar-refractivity contribution in [3.63, 3.8) is 0 Å². The summed E-state index contributed by atoms with van der Waals surface area (Å²) in [5.74, 6) is 0. The minimum Gasteiger partial charge on any atom is -0.283 e. The number of hydrogen-bond acceptors (Lipinski definition) is 2. The molecule has 0 N–H and O–H groups in total. The molecule has 2 radical (unpaired) electrons. The van der Waals surface area contributed by atoms with E-state index in [9.17, 15) is 0 Å². The maximum atomic E-state index is 8.98. The number of nitriles is 1. The highest BCUT2D eigenvalue weighted by Crippen LogP contribution is 2.40. The van der Waals surface area contributed by atoms with Gasteiger partial charge in [0, 0.05) is 5.54 Å². The molecule has 1 aliphatic heterocycles. The molecule has 1 saturated heterocycles. The van der Waals surface area contributed by atoms with Gasteiger partial charge >= 0.3 is 0 Å². The fraction of sp³-hybridized carbons (Fsp3) is 0.900. The number of nitrogens with zero attached hydrogens (tertiary/aromatic N) is 2. The molecule has 0 bridgehead atoms. The molecule has 1 fully saturated rings. The van der Waals surface area contributed by atoms with Gasteiger partial charge in [-0.1, -0.05) is 12.2 Å². The Morgan fingerprint density at radius 3 is 2.38 bits per heavy atom. The standard InChI is InChI=1S/C10H17BN2/c1-9(2,3)13-7-10(4,11)5-8(13)6-12/h8H,5,7H2,1-4H3. The van der Waals surface area contributed by atoms with Gasteiger partial charge in [0.15, 0.2) is 0 Å². The zero-order chi connectivity index (χ0) is 10.3. The molecule has 2 atom stereocenters. The van der Waals surface area contributed by atoms with Crippen molar-refractivity contribution in [1.29, 1.82) is 5.26 Å². The molecule has 1 rings (SSSR count). The lowest BCUT2D eigenvalue weighted by Crippen LogP contribution is -2.44. The molecular formula is C10H17BN2. The number of rotatable bonds is 0. The Balaban J connectivity index is 2.83. The van der Waals surface area contributed by atoms with E-state index in [4.69, 9.17) is 13.1 Å². The average molecular weight is 176 g/mol. The van der Waals surface area contributed by atoms with Crippen molar-refractivity contribution < 1.29 is 0 Å². The first-order valence-electron chi connectivity index (χ1n) is 4.71. The van der Waals surface area contributed by atoms with E-state index < -0.39 is 0 Å². The summed E-state index contributed by atoms with van der Waals surface area (Å²) in [5.41, 5.74) is 0.0392. The predicted molar refractivity (Wildman–Crippen MR) is 54.6 cm³/mol. The maximum Gasteiger partial charge on any atom is 0.0980 e. The van der Waals surface area contributed by atoms with Gasteiger partial charge in [-0.2, -0.15) is 5.26 Å². The van der Waals surface area contributed by atoms with Gasteiger partial charge in [0.1, 0.15) is 0 Å². The summed E-state index contributed by atoms with van der Waals surface area (Å²) >= 11 is 0. The molecule has 0 aliphatic carbocycles. The normalized spacial score (nSPS) is 36.1. The molecule has 1 aliphatic rings. The maximum absolute atomic E-state index is 8.98. The van der Waals surface area contributed by atoms with Crippen LogP contribution < -0.4 is 0 Å². The summed E-state index contributed by atoms with van der Waals surface area (Å²) in [6.45, 7) is 9.20. The van der Waals surface area contributed by atoms with Crippen LogP contribution >= 0.6 is 0 Å². The van der Waals surface area contributed by atoms with E-state index in [1.807, 2.05) is 6.92 Å². The summed E-state index contributed by atoms with van der Waals surface area (Å²) in [5, 5.41) is 8.78. The minimum absolute atomic E-state index is 0.0185. The lowest BCUT2D eigenvalue weighted by atomic mass is 9.69. The molecule has 1 heterocycles. The van der Waals surface area contributed by atoms with E-state index in [1.165, 1.54) is 0 Å². The molecule has 0 aromatic rings. The van der Waals surface area contributed by atoms with Crippen molar-refractivity contribution in [1.82, 2.24) is 4.90 Å². The third-order valence-electron chi connectivity index (χ3n) is 2.58. The number of hydrogen-bond donors (Lipinski definition) is 0. The van der Waals surface area contributed by atoms with Crippen LogP contribution in [0, 0.1) is 11.3 Å². The molecule has 2 unspecified atom stereocenters. The Hall–Kier alpha value is -0.485. The van der Waals surface area contributed by atoms with Crippen LogP contribution in [0.2, 0.25) is 5.31 Å². The SMILES string of the molecule is [B]C1(C)CC(C#N)N(C(C)(C)C)C1. The monoisotopic (exact) mass is 176 g/mol. The molecule has 13 heavy (non-hydrogen) atoms. The fourth-order valence-corrected chi connectivity index (χ4v) is 1.94. The lowest BCUT2D eigenvalue weighted by molar-refractivity contribution is 0.144. The first-order valence-corrected chi connectivity index (χ1v) is 4.71.